The van der Waals surface area contributed by atoms with E-state index in [-0.39, 0.29) is 0 Å². The predicted octanol–water partition coefficient (Wildman–Crippen LogP) is 2.91. The smallest absolute Gasteiger partial charge is 0.144 e. The first-order valence-corrected chi connectivity index (χ1v) is 3.52. The summed E-state index contributed by atoms with van der Waals surface area (Å²) in [4.78, 5) is 9.76. The molecule has 0 radical (unpaired) electrons. The van der Waals surface area contributed by atoms with Crippen LogP contribution in [0.2, 0.25) is 0 Å². The SMILES string of the molecule is O=Nc1ccc(Br)s1. The van der Waals surface area contributed by atoms with Gasteiger partial charge in [0.05, 0.1) is 3.79 Å². The van der Waals surface area contributed by atoms with Gasteiger partial charge in [-0.1, -0.05) is 0 Å². The fourth-order valence-electron chi connectivity index (χ4n) is 0.354. The van der Waals surface area contributed by atoms with Crippen LogP contribution in [-0.2, 0) is 0 Å². The van der Waals surface area contributed by atoms with E-state index in [1.165, 1.54) is 11.3 Å². The zero-order valence-electron chi connectivity index (χ0n) is 3.80. The largest absolute Gasteiger partial charge is 0.161 e. The molecule has 0 saturated carbocycles. The first kappa shape index (κ1) is 5.91. The first-order valence-electron chi connectivity index (χ1n) is 1.91. The molecule has 0 amide bonds. The average Bonchev–Trinajstić information content (AvgIpc) is 2.14. The minimum Gasteiger partial charge on any atom is -0.144 e. The molecular formula is C4H2BrNOS. The highest BCUT2D eigenvalue weighted by atomic mass is 79.9. The van der Waals surface area contributed by atoms with E-state index in [2.05, 4.69) is 21.1 Å². The standard InChI is InChI=1S/C4H2BrNOS/c5-3-1-2-4(6-7)8-3/h1-2H. The third-order valence-corrected chi connectivity index (χ3v) is 2.15. The molecule has 0 saturated heterocycles. The Morgan fingerprint density at radius 3 is 2.62 bits per heavy atom. The van der Waals surface area contributed by atoms with Crippen molar-refractivity contribution in [2.75, 3.05) is 0 Å². The van der Waals surface area contributed by atoms with Crippen LogP contribution in [0.3, 0.4) is 0 Å². The molecule has 8 heavy (non-hydrogen) atoms. The summed E-state index contributed by atoms with van der Waals surface area (Å²) >= 11 is 4.52. The number of halogens is 1. The molecule has 0 aromatic carbocycles. The van der Waals surface area contributed by atoms with Crippen molar-refractivity contribution < 1.29 is 0 Å². The van der Waals surface area contributed by atoms with Crippen molar-refractivity contribution in [1.82, 2.24) is 0 Å². The van der Waals surface area contributed by atoms with Crippen molar-refractivity contribution in [1.29, 1.82) is 0 Å². The summed E-state index contributed by atoms with van der Waals surface area (Å²) in [7, 11) is 0. The van der Waals surface area contributed by atoms with Crippen LogP contribution in [-0.4, -0.2) is 0 Å². The normalized spacial score (nSPS) is 9.12. The van der Waals surface area contributed by atoms with Crippen molar-refractivity contribution >= 4 is 32.3 Å². The van der Waals surface area contributed by atoms with Crippen LogP contribution in [0.25, 0.3) is 0 Å². The molecule has 0 aliphatic carbocycles. The minimum atomic E-state index is 0.511. The number of hydrogen-bond donors (Lipinski definition) is 0. The van der Waals surface area contributed by atoms with Crippen molar-refractivity contribution in [3.8, 4) is 0 Å². The van der Waals surface area contributed by atoms with Crippen LogP contribution in [0.4, 0.5) is 5.00 Å². The molecule has 0 spiro atoms. The summed E-state index contributed by atoms with van der Waals surface area (Å²) in [5.74, 6) is 0. The molecule has 1 heterocycles. The van der Waals surface area contributed by atoms with E-state index in [9.17, 15) is 4.91 Å². The Morgan fingerprint density at radius 2 is 2.38 bits per heavy atom. The van der Waals surface area contributed by atoms with Gasteiger partial charge in [0.2, 0.25) is 0 Å². The third-order valence-electron chi connectivity index (χ3n) is 0.649. The van der Waals surface area contributed by atoms with Gasteiger partial charge in [0.25, 0.3) is 0 Å². The highest BCUT2D eigenvalue weighted by Crippen LogP contribution is 2.28. The fourth-order valence-corrected chi connectivity index (χ4v) is 1.49. The molecule has 0 fully saturated rings. The van der Waals surface area contributed by atoms with Gasteiger partial charge in [0.1, 0.15) is 0 Å². The van der Waals surface area contributed by atoms with Gasteiger partial charge in [-0.2, -0.15) is 0 Å². The molecule has 1 rings (SSSR count). The molecule has 0 bridgehead atoms. The van der Waals surface area contributed by atoms with Gasteiger partial charge in [-0.3, -0.25) is 0 Å². The zero-order chi connectivity index (χ0) is 5.98. The van der Waals surface area contributed by atoms with Crippen LogP contribution in [0.5, 0.6) is 0 Å². The summed E-state index contributed by atoms with van der Waals surface area (Å²) < 4.78 is 0.937. The Labute approximate surface area is 58.6 Å². The second-order valence-electron chi connectivity index (χ2n) is 1.17. The van der Waals surface area contributed by atoms with Crippen LogP contribution in [0.15, 0.2) is 21.1 Å². The van der Waals surface area contributed by atoms with Crippen LogP contribution >= 0.6 is 27.3 Å². The molecule has 42 valence electrons. The summed E-state index contributed by atoms with van der Waals surface area (Å²) in [6.45, 7) is 0. The summed E-state index contributed by atoms with van der Waals surface area (Å²) in [5.41, 5.74) is 0. The molecule has 4 heteroatoms. The van der Waals surface area contributed by atoms with E-state index in [0.29, 0.717) is 5.00 Å². The van der Waals surface area contributed by atoms with Crippen molar-refractivity contribution in [2.24, 2.45) is 5.18 Å². The lowest BCUT2D eigenvalue weighted by Crippen LogP contribution is -1.35. The average molecular weight is 192 g/mol. The van der Waals surface area contributed by atoms with E-state index in [1.54, 1.807) is 12.1 Å². The monoisotopic (exact) mass is 191 g/mol. The Balaban J connectivity index is 3.00. The van der Waals surface area contributed by atoms with Crippen LogP contribution < -0.4 is 0 Å². The lowest BCUT2D eigenvalue weighted by molar-refractivity contribution is 1.60. The van der Waals surface area contributed by atoms with Crippen molar-refractivity contribution in [2.45, 2.75) is 0 Å². The Bertz CT molecular complexity index is 198. The van der Waals surface area contributed by atoms with Gasteiger partial charge in [0.15, 0.2) is 5.00 Å². The Kier molecular flexibility index (Phi) is 1.75. The lowest BCUT2D eigenvalue weighted by Gasteiger charge is -1.68. The Hall–Kier alpha value is -0.220. The van der Waals surface area contributed by atoms with E-state index in [1.807, 2.05) is 0 Å². The second-order valence-corrected chi connectivity index (χ2v) is 3.61. The van der Waals surface area contributed by atoms with Gasteiger partial charge < -0.3 is 0 Å². The topological polar surface area (TPSA) is 29.4 Å². The maximum atomic E-state index is 9.76. The maximum Gasteiger partial charge on any atom is 0.161 e. The zero-order valence-corrected chi connectivity index (χ0v) is 6.20. The molecule has 0 aliphatic rings. The quantitative estimate of drug-likeness (QED) is 0.629. The van der Waals surface area contributed by atoms with Gasteiger partial charge in [0, 0.05) is 0 Å². The van der Waals surface area contributed by atoms with Gasteiger partial charge in [-0.05, 0) is 33.2 Å². The van der Waals surface area contributed by atoms with Gasteiger partial charge >= 0.3 is 0 Å². The second kappa shape index (κ2) is 2.37. The summed E-state index contributed by atoms with van der Waals surface area (Å²) in [6.07, 6.45) is 0. The van der Waals surface area contributed by atoms with Crippen molar-refractivity contribution in [3.63, 3.8) is 0 Å². The summed E-state index contributed by atoms with van der Waals surface area (Å²) in [6, 6.07) is 3.46. The predicted molar refractivity (Wildman–Crippen MR) is 37.5 cm³/mol. The number of thiophene rings is 1. The number of rotatable bonds is 1. The van der Waals surface area contributed by atoms with Gasteiger partial charge in [-0.25, -0.2) is 0 Å². The van der Waals surface area contributed by atoms with Crippen LogP contribution in [0, 0.1) is 4.91 Å². The molecule has 1 aromatic rings. The fraction of sp³-hybridized carbons (Fsp3) is 0. The minimum absolute atomic E-state index is 0.511. The number of hydrogen-bond acceptors (Lipinski definition) is 3. The van der Waals surface area contributed by atoms with E-state index in [0.717, 1.165) is 3.79 Å². The molecule has 0 atom stereocenters. The lowest BCUT2D eigenvalue weighted by atomic mass is 10.6. The molecule has 2 nitrogen and oxygen atoms in total. The number of nitroso groups, excluding NO2 is 1. The van der Waals surface area contributed by atoms with Gasteiger partial charge in [-0.15, -0.1) is 16.2 Å². The molecule has 0 N–H and O–H groups in total. The van der Waals surface area contributed by atoms with E-state index < -0.39 is 0 Å². The Morgan fingerprint density at radius 1 is 1.62 bits per heavy atom. The molecule has 0 aliphatic heterocycles. The van der Waals surface area contributed by atoms with E-state index in [4.69, 9.17) is 0 Å². The maximum absolute atomic E-state index is 9.76. The van der Waals surface area contributed by atoms with E-state index >= 15 is 0 Å². The first-order chi connectivity index (χ1) is 3.83. The summed E-state index contributed by atoms with van der Waals surface area (Å²) in [5, 5.41) is 3.24. The third kappa shape index (κ3) is 1.14. The highest BCUT2D eigenvalue weighted by Gasteiger charge is 1.92. The van der Waals surface area contributed by atoms with Crippen molar-refractivity contribution in [3.05, 3.63) is 20.8 Å². The number of nitrogens with zero attached hydrogens (tertiary/aromatic N) is 1. The molecule has 0 unspecified atom stereocenters. The van der Waals surface area contributed by atoms with Crippen LogP contribution in [0.1, 0.15) is 0 Å². The molecular weight excluding hydrogens is 190 g/mol. The molecule has 1 aromatic heterocycles. The highest BCUT2D eigenvalue weighted by molar-refractivity contribution is 9.11.